The lowest BCUT2D eigenvalue weighted by molar-refractivity contribution is -0.149. The number of ketones is 1. The van der Waals surface area contributed by atoms with E-state index in [0.717, 1.165) is 10.6 Å². The Balaban J connectivity index is 1.61. The fourth-order valence-corrected chi connectivity index (χ4v) is 3.74. The maximum atomic E-state index is 14.3. The number of halogens is 1. The lowest BCUT2D eigenvalue weighted by Gasteiger charge is -2.37. The Bertz CT molecular complexity index is 1250. The number of primary amides is 1. The molecule has 1 aliphatic rings. The third-order valence-electron chi connectivity index (χ3n) is 5.52. The van der Waals surface area contributed by atoms with Crippen molar-refractivity contribution in [2.75, 3.05) is 31.5 Å². The summed E-state index contributed by atoms with van der Waals surface area (Å²) in [4.78, 5) is 66.7. The number of aromatic nitrogens is 2. The molecule has 0 bridgehead atoms. The average molecular weight is 503 g/mol. The quantitative estimate of drug-likeness (QED) is 0.598. The van der Waals surface area contributed by atoms with Crippen LogP contribution in [0.5, 0.6) is 0 Å². The molecule has 0 saturated carbocycles. The SMILES string of the molecule is CC(=O)Cc1ccc(-n2ccc(NC(=O)N3CCN(C(=O)C(C)(C)OC(N)=O)CC3)nc2=O)cc1F. The minimum atomic E-state index is -1.43. The van der Waals surface area contributed by atoms with Crippen LogP contribution < -0.4 is 16.7 Å². The topological polar surface area (TPSA) is 157 Å². The largest absolute Gasteiger partial charge is 0.434 e. The Morgan fingerprint density at radius 3 is 2.31 bits per heavy atom. The summed E-state index contributed by atoms with van der Waals surface area (Å²) in [7, 11) is 0. The molecule has 1 aromatic carbocycles. The molecular weight excluding hydrogens is 475 g/mol. The highest BCUT2D eigenvalue weighted by Gasteiger charge is 2.37. The van der Waals surface area contributed by atoms with Crippen LogP contribution in [0, 0.1) is 5.82 Å². The number of hydrogen-bond acceptors (Lipinski definition) is 7. The maximum absolute atomic E-state index is 14.3. The summed E-state index contributed by atoms with van der Waals surface area (Å²) < 4.78 is 20.3. The molecule has 1 fully saturated rings. The van der Waals surface area contributed by atoms with Crippen molar-refractivity contribution in [3.05, 3.63) is 52.3 Å². The number of carbonyl (C=O) groups is 4. The van der Waals surface area contributed by atoms with E-state index in [-0.39, 0.29) is 55.5 Å². The molecule has 12 nitrogen and oxygen atoms in total. The summed E-state index contributed by atoms with van der Waals surface area (Å²) in [5, 5.41) is 2.54. The van der Waals surface area contributed by atoms with Crippen molar-refractivity contribution in [3.63, 3.8) is 0 Å². The van der Waals surface area contributed by atoms with E-state index < -0.39 is 35.1 Å². The highest BCUT2D eigenvalue weighted by molar-refractivity contribution is 5.89. The predicted molar refractivity (Wildman–Crippen MR) is 126 cm³/mol. The summed E-state index contributed by atoms with van der Waals surface area (Å²) in [6.45, 7) is 5.04. The molecule has 4 amide bonds. The standard InChI is InChI=1S/C23H27FN6O6/c1-14(31)12-15-4-5-16(13-17(15)24)30-7-6-18(27-22(30)35)26-21(34)29-10-8-28(9-11-29)19(32)23(2,3)36-20(25)33/h4-7,13H,8-12H2,1-3H3,(H2,25,33)(H,26,27,34,35). The van der Waals surface area contributed by atoms with Gasteiger partial charge in [-0.25, -0.2) is 18.8 Å². The lowest BCUT2D eigenvalue weighted by Crippen LogP contribution is -2.56. The number of benzene rings is 1. The zero-order chi connectivity index (χ0) is 26.6. The summed E-state index contributed by atoms with van der Waals surface area (Å²) in [6, 6.07) is 4.94. The van der Waals surface area contributed by atoms with E-state index in [0.29, 0.717) is 0 Å². The molecule has 3 rings (SSSR count). The Kier molecular flexibility index (Phi) is 7.71. The number of nitrogens with one attached hydrogen (secondary N) is 1. The number of anilines is 1. The minimum Gasteiger partial charge on any atom is -0.434 e. The molecule has 0 atom stereocenters. The first-order valence-electron chi connectivity index (χ1n) is 11.1. The number of carbonyl (C=O) groups excluding carboxylic acids is 4. The van der Waals surface area contributed by atoms with Gasteiger partial charge in [0.15, 0.2) is 5.60 Å². The minimum absolute atomic E-state index is 0.00409. The summed E-state index contributed by atoms with van der Waals surface area (Å²) >= 11 is 0. The Labute approximate surface area is 205 Å². The van der Waals surface area contributed by atoms with Crippen LogP contribution in [0.25, 0.3) is 5.69 Å². The maximum Gasteiger partial charge on any atom is 0.405 e. The first kappa shape index (κ1) is 26.3. The molecule has 36 heavy (non-hydrogen) atoms. The van der Waals surface area contributed by atoms with Crippen molar-refractivity contribution >= 4 is 29.6 Å². The van der Waals surface area contributed by atoms with Gasteiger partial charge in [0.2, 0.25) is 0 Å². The van der Waals surface area contributed by atoms with Gasteiger partial charge < -0.3 is 20.3 Å². The van der Waals surface area contributed by atoms with Crippen LogP contribution in [0.15, 0.2) is 35.3 Å². The molecule has 0 radical (unpaired) electrons. The van der Waals surface area contributed by atoms with E-state index in [1.807, 2.05) is 0 Å². The number of nitrogens with two attached hydrogens (primary N) is 1. The summed E-state index contributed by atoms with van der Waals surface area (Å²) in [5.41, 5.74) is 3.29. The van der Waals surface area contributed by atoms with Crippen LogP contribution in [0.2, 0.25) is 0 Å². The van der Waals surface area contributed by atoms with E-state index in [2.05, 4.69) is 10.3 Å². The second kappa shape index (κ2) is 10.5. The second-order valence-corrected chi connectivity index (χ2v) is 8.76. The van der Waals surface area contributed by atoms with Crippen LogP contribution in [0.3, 0.4) is 0 Å². The first-order valence-corrected chi connectivity index (χ1v) is 11.1. The molecule has 2 heterocycles. The Morgan fingerprint density at radius 1 is 1.11 bits per heavy atom. The molecular formula is C23H27FN6O6. The third-order valence-corrected chi connectivity index (χ3v) is 5.52. The molecule has 0 unspecified atom stereocenters. The molecule has 2 aromatic rings. The van der Waals surface area contributed by atoms with Crippen molar-refractivity contribution in [1.29, 1.82) is 0 Å². The van der Waals surface area contributed by atoms with Crippen molar-refractivity contribution in [2.24, 2.45) is 5.73 Å². The smallest absolute Gasteiger partial charge is 0.405 e. The number of rotatable bonds is 6. The predicted octanol–water partition coefficient (Wildman–Crippen LogP) is 1.05. The van der Waals surface area contributed by atoms with Crippen LogP contribution in [0.1, 0.15) is 26.3 Å². The van der Waals surface area contributed by atoms with Gasteiger partial charge in [-0.05, 0) is 44.5 Å². The number of hydrogen-bond donors (Lipinski definition) is 2. The van der Waals surface area contributed by atoms with Gasteiger partial charge in [-0.3, -0.25) is 19.5 Å². The van der Waals surface area contributed by atoms with Crippen LogP contribution in [-0.2, 0) is 20.7 Å². The third kappa shape index (κ3) is 6.23. The molecule has 0 aliphatic carbocycles. The zero-order valence-corrected chi connectivity index (χ0v) is 20.1. The molecule has 0 spiro atoms. The van der Waals surface area contributed by atoms with Gasteiger partial charge in [-0.2, -0.15) is 4.98 Å². The monoisotopic (exact) mass is 502 g/mol. The fraction of sp³-hybridized carbons (Fsp3) is 0.391. The number of nitrogens with zero attached hydrogens (tertiary/aromatic N) is 4. The van der Waals surface area contributed by atoms with E-state index in [9.17, 15) is 28.4 Å². The van der Waals surface area contributed by atoms with Gasteiger partial charge in [-0.15, -0.1) is 0 Å². The number of ether oxygens (including phenoxy) is 1. The molecule has 1 aliphatic heterocycles. The summed E-state index contributed by atoms with van der Waals surface area (Å²) in [6.07, 6.45) is 0.240. The average Bonchev–Trinajstić information content (AvgIpc) is 2.79. The lowest BCUT2D eigenvalue weighted by atomic mass is 10.1. The molecule has 13 heteroatoms. The first-order chi connectivity index (χ1) is 16.9. The Hall–Kier alpha value is -4.29. The van der Waals surface area contributed by atoms with Crippen molar-refractivity contribution in [3.8, 4) is 5.69 Å². The highest BCUT2D eigenvalue weighted by atomic mass is 19.1. The van der Waals surface area contributed by atoms with Crippen molar-refractivity contribution in [1.82, 2.24) is 19.4 Å². The fourth-order valence-electron chi connectivity index (χ4n) is 3.74. The zero-order valence-electron chi connectivity index (χ0n) is 20.1. The Morgan fingerprint density at radius 2 is 1.75 bits per heavy atom. The normalized spacial score (nSPS) is 13.8. The second-order valence-electron chi connectivity index (χ2n) is 8.76. The van der Waals surface area contributed by atoms with Crippen LogP contribution in [-0.4, -0.2) is 74.9 Å². The molecule has 192 valence electrons. The van der Waals surface area contributed by atoms with E-state index >= 15 is 0 Å². The number of piperazine rings is 1. The van der Waals surface area contributed by atoms with E-state index in [1.165, 1.54) is 55.0 Å². The van der Waals surface area contributed by atoms with Gasteiger partial charge >= 0.3 is 17.8 Å². The van der Waals surface area contributed by atoms with Gasteiger partial charge in [0.1, 0.15) is 17.4 Å². The van der Waals surface area contributed by atoms with E-state index in [4.69, 9.17) is 10.5 Å². The van der Waals surface area contributed by atoms with Gasteiger partial charge in [0.25, 0.3) is 5.91 Å². The van der Waals surface area contributed by atoms with Crippen molar-refractivity contribution in [2.45, 2.75) is 32.8 Å². The summed E-state index contributed by atoms with van der Waals surface area (Å²) in [5.74, 6) is -1.23. The molecule has 1 saturated heterocycles. The van der Waals surface area contributed by atoms with Gasteiger partial charge in [-0.1, -0.05) is 6.07 Å². The highest BCUT2D eigenvalue weighted by Crippen LogP contribution is 2.17. The molecule has 1 aromatic heterocycles. The number of Topliss-reactive ketones (excluding diaryl/α,β-unsaturated/α-hetero) is 1. The van der Waals surface area contributed by atoms with E-state index in [1.54, 1.807) is 0 Å². The van der Waals surface area contributed by atoms with Gasteiger partial charge in [0, 0.05) is 38.8 Å². The number of urea groups is 1. The van der Waals surface area contributed by atoms with Crippen LogP contribution in [0.4, 0.5) is 19.8 Å². The molecule has 3 N–H and O–H groups in total. The number of amides is 4. The van der Waals surface area contributed by atoms with Crippen LogP contribution >= 0.6 is 0 Å². The van der Waals surface area contributed by atoms with Crippen molar-refractivity contribution < 1.29 is 28.3 Å². The van der Waals surface area contributed by atoms with Gasteiger partial charge in [0.05, 0.1) is 5.69 Å².